The second-order valence-electron chi connectivity index (χ2n) is 3.90. The summed E-state index contributed by atoms with van der Waals surface area (Å²) < 4.78 is 10.8. The van der Waals surface area contributed by atoms with Gasteiger partial charge in [0, 0.05) is 29.4 Å². The molecule has 0 aromatic rings. The molecule has 14 heavy (non-hydrogen) atoms. The SMILES string of the molecule is CS(=O)CCNC(=O)C1(N)CCCC1. The number of hydrogen-bond acceptors (Lipinski definition) is 3. The molecule has 4 nitrogen and oxygen atoms in total. The van der Waals surface area contributed by atoms with E-state index in [1.165, 1.54) is 0 Å². The molecular weight excluding hydrogens is 200 g/mol. The van der Waals surface area contributed by atoms with Crippen molar-refractivity contribution in [1.29, 1.82) is 0 Å². The minimum Gasteiger partial charge on any atom is -0.354 e. The van der Waals surface area contributed by atoms with E-state index in [0.717, 1.165) is 25.7 Å². The van der Waals surface area contributed by atoms with E-state index < -0.39 is 16.3 Å². The highest BCUT2D eigenvalue weighted by molar-refractivity contribution is 7.84. The summed E-state index contributed by atoms with van der Waals surface area (Å²) >= 11 is 0. The number of rotatable bonds is 4. The van der Waals surface area contributed by atoms with E-state index in [1.54, 1.807) is 6.26 Å². The van der Waals surface area contributed by atoms with Gasteiger partial charge in [-0.25, -0.2) is 0 Å². The zero-order chi connectivity index (χ0) is 10.6. The molecule has 1 aliphatic carbocycles. The maximum atomic E-state index is 11.6. The van der Waals surface area contributed by atoms with Gasteiger partial charge in [0.1, 0.15) is 0 Å². The number of carbonyl (C=O) groups is 1. The second-order valence-corrected chi connectivity index (χ2v) is 5.45. The monoisotopic (exact) mass is 218 g/mol. The van der Waals surface area contributed by atoms with Gasteiger partial charge in [0.2, 0.25) is 5.91 Å². The van der Waals surface area contributed by atoms with Crippen LogP contribution in [-0.2, 0) is 15.6 Å². The van der Waals surface area contributed by atoms with Gasteiger partial charge in [-0.05, 0) is 12.8 Å². The minimum atomic E-state index is -0.853. The molecule has 0 heterocycles. The maximum Gasteiger partial charge on any atom is 0.240 e. The highest BCUT2D eigenvalue weighted by atomic mass is 32.2. The summed E-state index contributed by atoms with van der Waals surface area (Å²) in [4.78, 5) is 11.6. The second kappa shape index (κ2) is 4.89. The molecule has 0 aromatic carbocycles. The molecule has 0 saturated heterocycles. The molecule has 1 fully saturated rings. The van der Waals surface area contributed by atoms with Crippen molar-refractivity contribution in [2.24, 2.45) is 5.73 Å². The van der Waals surface area contributed by atoms with E-state index >= 15 is 0 Å². The minimum absolute atomic E-state index is 0.0829. The predicted molar refractivity (Wildman–Crippen MR) is 57.3 cm³/mol. The third-order valence-corrected chi connectivity index (χ3v) is 3.40. The first-order chi connectivity index (χ1) is 6.54. The lowest BCUT2D eigenvalue weighted by atomic mass is 9.98. The van der Waals surface area contributed by atoms with Crippen LogP contribution in [0.15, 0.2) is 0 Å². The topological polar surface area (TPSA) is 72.2 Å². The van der Waals surface area contributed by atoms with Crippen molar-refractivity contribution in [3.63, 3.8) is 0 Å². The standard InChI is InChI=1S/C9H18N2O2S/c1-14(13)7-6-11-8(12)9(10)4-2-3-5-9/h2-7,10H2,1H3,(H,11,12). The third kappa shape index (κ3) is 3.06. The summed E-state index contributed by atoms with van der Waals surface area (Å²) in [5.74, 6) is 0.419. The van der Waals surface area contributed by atoms with E-state index in [0.29, 0.717) is 12.3 Å². The summed E-state index contributed by atoms with van der Waals surface area (Å²) in [6.45, 7) is 0.459. The Balaban J connectivity index is 2.30. The summed E-state index contributed by atoms with van der Waals surface area (Å²) in [6.07, 6.45) is 5.23. The van der Waals surface area contributed by atoms with Crippen molar-refractivity contribution < 1.29 is 9.00 Å². The van der Waals surface area contributed by atoms with E-state index in [-0.39, 0.29) is 5.91 Å². The van der Waals surface area contributed by atoms with Gasteiger partial charge in [-0.15, -0.1) is 0 Å². The van der Waals surface area contributed by atoms with Gasteiger partial charge in [0.15, 0.2) is 0 Å². The lowest BCUT2D eigenvalue weighted by Gasteiger charge is -2.21. The van der Waals surface area contributed by atoms with Gasteiger partial charge in [-0.2, -0.15) is 0 Å². The Hall–Kier alpha value is -0.420. The van der Waals surface area contributed by atoms with Crippen LogP contribution >= 0.6 is 0 Å². The number of nitrogens with one attached hydrogen (secondary N) is 1. The molecule has 1 amide bonds. The van der Waals surface area contributed by atoms with Crippen LogP contribution in [0.25, 0.3) is 0 Å². The first-order valence-corrected chi connectivity index (χ1v) is 6.64. The van der Waals surface area contributed by atoms with Crippen LogP contribution in [0.2, 0.25) is 0 Å². The van der Waals surface area contributed by atoms with Gasteiger partial charge in [-0.3, -0.25) is 9.00 Å². The molecule has 1 atom stereocenters. The van der Waals surface area contributed by atoms with Crippen LogP contribution < -0.4 is 11.1 Å². The highest BCUT2D eigenvalue weighted by Crippen LogP contribution is 2.26. The Labute approximate surface area is 87.1 Å². The van der Waals surface area contributed by atoms with Crippen LogP contribution in [0, 0.1) is 0 Å². The highest BCUT2D eigenvalue weighted by Gasteiger charge is 2.36. The zero-order valence-electron chi connectivity index (χ0n) is 8.54. The normalized spacial score (nSPS) is 21.9. The average Bonchev–Trinajstić information content (AvgIpc) is 2.52. The van der Waals surface area contributed by atoms with Crippen molar-refractivity contribution in [2.75, 3.05) is 18.6 Å². The van der Waals surface area contributed by atoms with Crippen LogP contribution in [0.1, 0.15) is 25.7 Å². The summed E-state index contributed by atoms with van der Waals surface area (Å²) in [7, 11) is -0.853. The van der Waals surface area contributed by atoms with E-state index in [2.05, 4.69) is 5.32 Å². The van der Waals surface area contributed by atoms with Gasteiger partial charge >= 0.3 is 0 Å². The third-order valence-electron chi connectivity index (χ3n) is 2.62. The van der Waals surface area contributed by atoms with Crippen LogP contribution in [0.5, 0.6) is 0 Å². The largest absolute Gasteiger partial charge is 0.354 e. The fourth-order valence-electron chi connectivity index (χ4n) is 1.72. The molecule has 0 spiro atoms. The fraction of sp³-hybridized carbons (Fsp3) is 0.889. The Bertz CT molecular complexity index is 237. The molecule has 1 rings (SSSR count). The van der Waals surface area contributed by atoms with Crippen LogP contribution in [-0.4, -0.2) is 34.2 Å². The Morgan fingerprint density at radius 2 is 2.07 bits per heavy atom. The van der Waals surface area contributed by atoms with Crippen LogP contribution in [0.4, 0.5) is 0 Å². The lowest BCUT2D eigenvalue weighted by molar-refractivity contribution is -0.126. The smallest absolute Gasteiger partial charge is 0.240 e. The quantitative estimate of drug-likeness (QED) is 0.683. The molecule has 0 bridgehead atoms. The van der Waals surface area contributed by atoms with Gasteiger partial charge < -0.3 is 11.1 Å². The number of amides is 1. The number of nitrogens with two attached hydrogens (primary N) is 1. The fourth-order valence-corrected chi connectivity index (χ4v) is 2.11. The molecule has 0 aromatic heterocycles. The average molecular weight is 218 g/mol. The Kier molecular flexibility index (Phi) is 4.07. The molecule has 5 heteroatoms. The maximum absolute atomic E-state index is 11.6. The predicted octanol–water partition coefficient (Wildman–Crippen LogP) is -0.247. The van der Waals surface area contributed by atoms with E-state index in [9.17, 15) is 9.00 Å². The van der Waals surface area contributed by atoms with Crippen molar-refractivity contribution in [3.8, 4) is 0 Å². The van der Waals surface area contributed by atoms with Gasteiger partial charge in [0.25, 0.3) is 0 Å². The number of carbonyl (C=O) groups excluding carboxylic acids is 1. The molecule has 0 aliphatic heterocycles. The summed E-state index contributed by atoms with van der Waals surface area (Å²) in [5.41, 5.74) is 5.27. The van der Waals surface area contributed by atoms with Gasteiger partial charge in [-0.1, -0.05) is 12.8 Å². The first-order valence-electron chi connectivity index (χ1n) is 4.92. The Morgan fingerprint density at radius 1 is 1.50 bits per heavy atom. The van der Waals surface area contributed by atoms with Gasteiger partial charge in [0.05, 0.1) is 5.54 Å². The Morgan fingerprint density at radius 3 is 2.57 bits per heavy atom. The molecule has 1 aliphatic rings. The van der Waals surface area contributed by atoms with E-state index in [1.807, 2.05) is 0 Å². The van der Waals surface area contributed by atoms with Crippen molar-refractivity contribution in [2.45, 2.75) is 31.2 Å². The van der Waals surface area contributed by atoms with Crippen molar-refractivity contribution >= 4 is 16.7 Å². The molecule has 1 unspecified atom stereocenters. The summed E-state index contributed by atoms with van der Waals surface area (Å²) in [5, 5.41) is 2.74. The van der Waals surface area contributed by atoms with Crippen molar-refractivity contribution in [3.05, 3.63) is 0 Å². The van der Waals surface area contributed by atoms with Crippen molar-refractivity contribution in [1.82, 2.24) is 5.32 Å². The molecular formula is C9H18N2O2S. The van der Waals surface area contributed by atoms with E-state index in [4.69, 9.17) is 5.73 Å². The molecule has 1 saturated carbocycles. The molecule has 82 valence electrons. The molecule has 3 N–H and O–H groups in total. The zero-order valence-corrected chi connectivity index (χ0v) is 9.36. The lowest BCUT2D eigenvalue weighted by Crippen LogP contribution is -2.52. The summed E-state index contributed by atoms with van der Waals surface area (Å²) in [6, 6.07) is 0. The van der Waals surface area contributed by atoms with Crippen LogP contribution in [0.3, 0.4) is 0 Å². The number of hydrogen-bond donors (Lipinski definition) is 2. The molecule has 0 radical (unpaired) electrons. The first kappa shape index (κ1) is 11.7.